The largest absolute Gasteiger partial charge is 0.496 e. The zero-order valence-corrected chi connectivity index (χ0v) is 13.8. The highest BCUT2D eigenvalue weighted by Gasteiger charge is 2.21. The standard InChI is InChI=1S/C15H21ClN2O2.ClH/c1-20-14-10-13(17)12(16)9-11(14)15(19)18-7-5-3-2-4-6-8-18;/h9-10H,2-8,17H2,1H3;1H. The Bertz CT molecular complexity index is 487. The van der Waals surface area contributed by atoms with Gasteiger partial charge in [-0.15, -0.1) is 12.4 Å². The number of carbonyl (C=O) groups is 1. The molecule has 1 saturated heterocycles. The number of nitrogens with two attached hydrogens (primary N) is 1. The van der Waals surface area contributed by atoms with Gasteiger partial charge in [-0.1, -0.05) is 30.9 Å². The minimum Gasteiger partial charge on any atom is -0.496 e. The van der Waals surface area contributed by atoms with E-state index in [1.54, 1.807) is 12.1 Å². The second-order valence-corrected chi connectivity index (χ2v) is 5.54. The number of methoxy groups -OCH3 is 1. The third-order valence-corrected chi connectivity index (χ3v) is 4.02. The van der Waals surface area contributed by atoms with Gasteiger partial charge in [0, 0.05) is 19.2 Å². The molecule has 1 aliphatic rings. The maximum atomic E-state index is 12.7. The monoisotopic (exact) mass is 332 g/mol. The molecule has 1 amide bonds. The number of rotatable bonds is 2. The maximum Gasteiger partial charge on any atom is 0.257 e. The van der Waals surface area contributed by atoms with Crippen LogP contribution in [-0.4, -0.2) is 31.0 Å². The Kier molecular flexibility index (Phi) is 7.12. The third-order valence-electron chi connectivity index (χ3n) is 3.69. The van der Waals surface area contributed by atoms with Crippen LogP contribution in [0.1, 0.15) is 42.5 Å². The molecule has 6 heteroatoms. The lowest BCUT2D eigenvalue weighted by molar-refractivity contribution is 0.0739. The summed E-state index contributed by atoms with van der Waals surface area (Å²) >= 11 is 6.03. The van der Waals surface area contributed by atoms with E-state index in [1.165, 1.54) is 26.4 Å². The van der Waals surface area contributed by atoms with E-state index in [0.717, 1.165) is 25.9 Å². The van der Waals surface area contributed by atoms with Gasteiger partial charge >= 0.3 is 0 Å². The molecular formula is C15H22Cl2N2O2. The number of hydrogen-bond acceptors (Lipinski definition) is 3. The molecule has 1 aromatic rings. The Morgan fingerprint density at radius 1 is 1.19 bits per heavy atom. The predicted molar refractivity (Wildman–Crippen MR) is 88.7 cm³/mol. The van der Waals surface area contributed by atoms with Crippen LogP contribution in [0.25, 0.3) is 0 Å². The van der Waals surface area contributed by atoms with E-state index in [-0.39, 0.29) is 18.3 Å². The van der Waals surface area contributed by atoms with E-state index in [9.17, 15) is 4.79 Å². The van der Waals surface area contributed by atoms with Gasteiger partial charge in [-0.05, 0) is 18.9 Å². The Morgan fingerprint density at radius 2 is 1.76 bits per heavy atom. The van der Waals surface area contributed by atoms with Crippen molar-refractivity contribution in [1.82, 2.24) is 4.90 Å². The van der Waals surface area contributed by atoms with Gasteiger partial charge in [-0.2, -0.15) is 0 Å². The van der Waals surface area contributed by atoms with Crippen molar-refractivity contribution in [3.05, 3.63) is 22.7 Å². The van der Waals surface area contributed by atoms with Gasteiger partial charge in [0.25, 0.3) is 5.91 Å². The Hall–Kier alpha value is -1.13. The highest BCUT2D eigenvalue weighted by molar-refractivity contribution is 6.33. The lowest BCUT2D eigenvalue weighted by Gasteiger charge is -2.25. The molecule has 1 heterocycles. The van der Waals surface area contributed by atoms with Crippen LogP contribution in [-0.2, 0) is 0 Å². The third kappa shape index (κ3) is 4.42. The molecule has 1 aliphatic heterocycles. The van der Waals surface area contributed by atoms with Crippen molar-refractivity contribution in [3.8, 4) is 5.75 Å². The molecule has 21 heavy (non-hydrogen) atoms. The smallest absolute Gasteiger partial charge is 0.257 e. The van der Waals surface area contributed by atoms with Gasteiger partial charge in [0.2, 0.25) is 0 Å². The fourth-order valence-electron chi connectivity index (χ4n) is 2.53. The van der Waals surface area contributed by atoms with E-state index < -0.39 is 0 Å². The zero-order valence-electron chi connectivity index (χ0n) is 12.2. The summed E-state index contributed by atoms with van der Waals surface area (Å²) in [6.45, 7) is 1.59. The molecule has 118 valence electrons. The number of benzene rings is 1. The Morgan fingerprint density at radius 3 is 2.33 bits per heavy atom. The van der Waals surface area contributed by atoms with Crippen LogP contribution in [0.2, 0.25) is 5.02 Å². The zero-order chi connectivity index (χ0) is 14.5. The first-order valence-corrected chi connectivity index (χ1v) is 7.43. The van der Waals surface area contributed by atoms with Gasteiger partial charge in [0.05, 0.1) is 23.4 Å². The highest BCUT2D eigenvalue weighted by Crippen LogP contribution is 2.30. The average Bonchev–Trinajstić information content (AvgIpc) is 2.40. The SMILES string of the molecule is COc1cc(N)c(Cl)cc1C(=O)N1CCCCCCC1.Cl. The van der Waals surface area contributed by atoms with Crippen LogP contribution in [0.15, 0.2) is 12.1 Å². The van der Waals surface area contributed by atoms with E-state index >= 15 is 0 Å². The summed E-state index contributed by atoms with van der Waals surface area (Å²) in [6, 6.07) is 3.22. The van der Waals surface area contributed by atoms with Crippen LogP contribution in [0.4, 0.5) is 5.69 Å². The molecule has 0 aliphatic carbocycles. The molecule has 0 saturated carbocycles. The van der Waals surface area contributed by atoms with Crippen molar-refractivity contribution in [2.24, 2.45) is 0 Å². The molecule has 1 fully saturated rings. The number of likely N-dealkylation sites (tertiary alicyclic amines) is 1. The molecule has 0 spiro atoms. The molecule has 0 unspecified atom stereocenters. The molecule has 0 aromatic heterocycles. The molecule has 1 aromatic carbocycles. The number of halogens is 2. The minimum atomic E-state index is -0.0225. The maximum absolute atomic E-state index is 12.7. The van der Waals surface area contributed by atoms with E-state index in [4.69, 9.17) is 22.1 Å². The van der Waals surface area contributed by atoms with Gasteiger partial charge in [0.15, 0.2) is 0 Å². The summed E-state index contributed by atoms with van der Waals surface area (Å²) in [7, 11) is 1.53. The van der Waals surface area contributed by atoms with Crippen molar-refractivity contribution in [2.45, 2.75) is 32.1 Å². The number of hydrogen-bond donors (Lipinski definition) is 1. The lowest BCUT2D eigenvalue weighted by atomic mass is 10.1. The normalized spacial score (nSPS) is 15.6. The molecule has 2 rings (SSSR count). The van der Waals surface area contributed by atoms with Crippen molar-refractivity contribution in [2.75, 3.05) is 25.9 Å². The topological polar surface area (TPSA) is 55.6 Å². The molecular weight excluding hydrogens is 311 g/mol. The summed E-state index contributed by atoms with van der Waals surface area (Å²) in [5, 5.41) is 0.390. The summed E-state index contributed by atoms with van der Waals surface area (Å²) in [6.07, 6.45) is 5.74. The van der Waals surface area contributed by atoms with Crippen molar-refractivity contribution in [3.63, 3.8) is 0 Å². The fraction of sp³-hybridized carbons (Fsp3) is 0.533. The first-order chi connectivity index (χ1) is 9.63. The summed E-state index contributed by atoms with van der Waals surface area (Å²) < 4.78 is 5.26. The van der Waals surface area contributed by atoms with E-state index in [2.05, 4.69) is 0 Å². The minimum absolute atomic E-state index is 0. The van der Waals surface area contributed by atoms with Crippen LogP contribution in [0.5, 0.6) is 5.75 Å². The highest BCUT2D eigenvalue weighted by atomic mass is 35.5. The van der Waals surface area contributed by atoms with Crippen molar-refractivity contribution < 1.29 is 9.53 Å². The van der Waals surface area contributed by atoms with E-state index in [0.29, 0.717) is 22.0 Å². The first-order valence-electron chi connectivity index (χ1n) is 7.05. The number of anilines is 1. The van der Waals surface area contributed by atoms with Gasteiger partial charge in [0.1, 0.15) is 5.75 Å². The van der Waals surface area contributed by atoms with Crippen LogP contribution >= 0.6 is 24.0 Å². The summed E-state index contributed by atoms with van der Waals surface area (Å²) in [5.41, 5.74) is 6.67. The van der Waals surface area contributed by atoms with Crippen molar-refractivity contribution >= 4 is 35.6 Å². The number of nitrogens with zero attached hydrogens (tertiary/aromatic N) is 1. The number of amides is 1. The van der Waals surface area contributed by atoms with E-state index in [1.807, 2.05) is 4.90 Å². The predicted octanol–water partition coefficient (Wildman–Crippen LogP) is 3.76. The quantitative estimate of drug-likeness (QED) is 0.839. The molecule has 0 bridgehead atoms. The summed E-state index contributed by atoms with van der Waals surface area (Å²) in [5.74, 6) is 0.463. The number of ether oxygens (including phenoxy) is 1. The molecule has 0 radical (unpaired) electrons. The van der Waals surface area contributed by atoms with Crippen LogP contribution in [0, 0.1) is 0 Å². The van der Waals surface area contributed by atoms with Gasteiger partial charge < -0.3 is 15.4 Å². The first kappa shape index (κ1) is 17.9. The Balaban J connectivity index is 0.00000220. The molecule has 4 nitrogen and oxygen atoms in total. The fourth-order valence-corrected chi connectivity index (χ4v) is 2.69. The second-order valence-electron chi connectivity index (χ2n) is 5.13. The van der Waals surface area contributed by atoms with Crippen LogP contribution in [0.3, 0.4) is 0 Å². The van der Waals surface area contributed by atoms with Crippen LogP contribution < -0.4 is 10.5 Å². The summed E-state index contributed by atoms with van der Waals surface area (Å²) in [4.78, 5) is 14.5. The lowest BCUT2D eigenvalue weighted by Crippen LogP contribution is -2.34. The number of carbonyl (C=O) groups excluding carboxylic acids is 1. The molecule has 2 N–H and O–H groups in total. The number of nitrogen functional groups attached to an aromatic ring is 1. The van der Waals surface area contributed by atoms with Gasteiger partial charge in [-0.25, -0.2) is 0 Å². The molecule has 0 atom stereocenters. The second kappa shape index (κ2) is 8.35. The van der Waals surface area contributed by atoms with Crippen molar-refractivity contribution in [1.29, 1.82) is 0 Å². The Labute approximate surface area is 137 Å². The van der Waals surface area contributed by atoms with Gasteiger partial charge in [-0.3, -0.25) is 4.79 Å². The average molecular weight is 333 g/mol.